The molecule has 0 aromatic carbocycles. The fourth-order valence-electron chi connectivity index (χ4n) is 2.95. The summed E-state index contributed by atoms with van der Waals surface area (Å²) in [4.78, 5) is 20.3. The van der Waals surface area contributed by atoms with E-state index < -0.39 is 0 Å². The van der Waals surface area contributed by atoms with Crippen LogP contribution in [-0.4, -0.2) is 51.6 Å². The summed E-state index contributed by atoms with van der Waals surface area (Å²) in [5.41, 5.74) is 2.41. The minimum absolute atomic E-state index is 0.796. The summed E-state index contributed by atoms with van der Waals surface area (Å²) >= 11 is 1.88. The van der Waals surface area contributed by atoms with Crippen molar-refractivity contribution in [3.05, 3.63) is 35.5 Å². The van der Waals surface area contributed by atoms with Gasteiger partial charge in [0, 0.05) is 44.0 Å². The van der Waals surface area contributed by atoms with Gasteiger partial charge in [-0.3, -0.25) is 0 Å². The topological polar surface area (TPSA) is 66.8 Å². The molecule has 6 nitrogen and oxygen atoms in total. The van der Waals surface area contributed by atoms with E-state index in [4.69, 9.17) is 0 Å². The van der Waals surface area contributed by atoms with Crippen LogP contribution in [0, 0.1) is 6.92 Å². The van der Waals surface area contributed by atoms with E-state index in [1.807, 2.05) is 24.8 Å². The Bertz CT molecular complexity index is 664. The Kier molecular flexibility index (Phi) is 5.85. The lowest BCUT2D eigenvalue weighted by molar-refractivity contribution is 0.769. The van der Waals surface area contributed by atoms with Crippen molar-refractivity contribution in [2.45, 2.75) is 26.2 Å². The quantitative estimate of drug-likeness (QED) is 0.807. The lowest BCUT2D eigenvalue weighted by Crippen LogP contribution is -2.27. The first kappa shape index (κ1) is 17.0. The molecule has 0 saturated heterocycles. The molecule has 7 heteroatoms. The second kappa shape index (κ2) is 8.28. The highest BCUT2D eigenvalue weighted by atomic mass is 32.2. The van der Waals surface area contributed by atoms with E-state index in [1.54, 1.807) is 12.4 Å². The van der Waals surface area contributed by atoms with Crippen molar-refractivity contribution in [1.29, 1.82) is 0 Å². The van der Waals surface area contributed by atoms with Gasteiger partial charge >= 0.3 is 0 Å². The number of hydrogen-bond acceptors (Lipinski definition) is 7. The normalized spacial score (nSPS) is 14.2. The highest BCUT2D eigenvalue weighted by Gasteiger charge is 2.20. The number of thioether (sulfide) groups is 1. The van der Waals surface area contributed by atoms with Gasteiger partial charge in [-0.2, -0.15) is 11.8 Å². The van der Waals surface area contributed by atoms with Gasteiger partial charge in [-0.1, -0.05) is 0 Å². The van der Waals surface area contributed by atoms with Crippen LogP contribution in [0.4, 0.5) is 11.8 Å². The molecule has 1 aliphatic heterocycles. The number of rotatable bonds is 6. The lowest BCUT2D eigenvalue weighted by Gasteiger charge is -2.19. The third kappa shape index (κ3) is 4.14. The summed E-state index contributed by atoms with van der Waals surface area (Å²) in [5, 5.41) is 3.52. The molecule has 1 aliphatic rings. The van der Waals surface area contributed by atoms with Crippen LogP contribution in [0.5, 0.6) is 0 Å². The van der Waals surface area contributed by atoms with Crippen LogP contribution < -0.4 is 10.2 Å². The standard InChI is InChI=1S/C17H24N6S/c1-13-21-15-6-11-23(17-19-7-3-8-20-17)10-5-14(15)16(22-13)18-9-4-12-24-2/h3,7-8H,4-6,9-12H2,1-2H3,(H,18,21,22). The zero-order valence-electron chi connectivity index (χ0n) is 14.3. The summed E-state index contributed by atoms with van der Waals surface area (Å²) in [6, 6.07) is 1.85. The highest BCUT2D eigenvalue weighted by Crippen LogP contribution is 2.23. The van der Waals surface area contributed by atoms with Gasteiger partial charge in [0.05, 0.1) is 5.69 Å². The molecule has 0 aliphatic carbocycles. The number of anilines is 2. The third-order valence-electron chi connectivity index (χ3n) is 4.11. The van der Waals surface area contributed by atoms with Gasteiger partial charge in [0.1, 0.15) is 11.6 Å². The molecule has 2 aromatic heterocycles. The summed E-state index contributed by atoms with van der Waals surface area (Å²) < 4.78 is 0. The van der Waals surface area contributed by atoms with E-state index in [2.05, 4.69) is 36.4 Å². The monoisotopic (exact) mass is 344 g/mol. The molecule has 0 radical (unpaired) electrons. The first-order valence-electron chi connectivity index (χ1n) is 8.39. The van der Waals surface area contributed by atoms with Gasteiger partial charge in [-0.25, -0.2) is 19.9 Å². The number of fused-ring (bicyclic) bond motifs is 1. The Morgan fingerprint density at radius 3 is 2.75 bits per heavy atom. The van der Waals surface area contributed by atoms with Crippen molar-refractivity contribution in [3.8, 4) is 0 Å². The van der Waals surface area contributed by atoms with Crippen LogP contribution in [0.15, 0.2) is 18.5 Å². The predicted octanol–water partition coefficient (Wildman–Crippen LogP) is 2.35. The molecule has 0 fully saturated rings. The van der Waals surface area contributed by atoms with E-state index in [0.717, 1.165) is 62.2 Å². The maximum Gasteiger partial charge on any atom is 0.225 e. The van der Waals surface area contributed by atoms with Gasteiger partial charge in [0.25, 0.3) is 0 Å². The summed E-state index contributed by atoms with van der Waals surface area (Å²) in [5.74, 6) is 3.81. The second-order valence-corrected chi connectivity index (χ2v) is 6.84. The van der Waals surface area contributed by atoms with Crippen molar-refractivity contribution < 1.29 is 0 Å². The zero-order valence-corrected chi connectivity index (χ0v) is 15.1. The minimum Gasteiger partial charge on any atom is -0.370 e. The predicted molar refractivity (Wildman–Crippen MR) is 99.9 cm³/mol. The molecular formula is C17H24N6S. The van der Waals surface area contributed by atoms with E-state index in [0.29, 0.717) is 0 Å². The molecule has 0 bridgehead atoms. The molecular weight excluding hydrogens is 320 g/mol. The van der Waals surface area contributed by atoms with Gasteiger partial charge in [0.15, 0.2) is 0 Å². The molecule has 0 unspecified atom stereocenters. The number of aryl methyl sites for hydroxylation is 1. The molecule has 0 saturated carbocycles. The average molecular weight is 344 g/mol. The fourth-order valence-corrected chi connectivity index (χ4v) is 3.38. The van der Waals surface area contributed by atoms with Gasteiger partial charge in [-0.15, -0.1) is 0 Å². The Balaban J connectivity index is 1.75. The van der Waals surface area contributed by atoms with Crippen LogP contribution >= 0.6 is 11.8 Å². The number of nitrogens with one attached hydrogen (secondary N) is 1. The second-order valence-electron chi connectivity index (χ2n) is 5.85. The number of nitrogens with zero attached hydrogens (tertiary/aromatic N) is 5. The molecule has 1 N–H and O–H groups in total. The summed E-state index contributed by atoms with van der Waals surface area (Å²) in [6.07, 6.45) is 8.69. The Labute approximate surface area is 147 Å². The van der Waals surface area contributed by atoms with Crippen molar-refractivity contribution in [3.63, 3.8) is 0 Å². The fraction of sp³-hybridized carbons (Fsp3) is 0.529. The largest absolute Gasteiger partial charge is 0.370 e. The van der Waals surface area contributed by atoms with Crippen molar-refractivity contribution in [2.24, 2.45) is 0 Å². The Hall–Kier alpha value is -1.89. The first-order chi connectivity index (χ1) is 11.8. The maximum absolute atomic E-state index is 4.68. The molecule has 0 amide bonds. The van der Waals surface area contributed by atoms with Crippen LogP contribution in [0.3, 0.4) is 0 Å². The van der Waals surface area contributed by atoms with Gasteiger partial charge in [-0.05, 0) is 37.8 Å². The van der Waals surface area contributed by atoms with Crippen molar-refractivity contribution >= 4 is 23.5 Å². The average Bonchev–Trinajstić information content (AvgIpc) is 2.82. The van der Waals surface area contributed by atoms with E-state index in [-0.39, 0.29) is 0 Å². The molecule has 0 atom stereocenters. The molecule has 3 rings (SSSR count). The van der Waals surface area contributed by atoms with Gasteiger partial charge in [0.2, 0.25) is 5.95 Å². The SMILES string of the molecule is CSCCCNc1nc(C)nc2c1CCN(c1ncccn1)CC2. The Morgan fingerprint density at radius 1 is 1.17 bits per heavy atom. The smallest absolute Gasteiger partial charge is 0.225 e. The summed E-state index contributed by atoms with van der Waals surface area (Å²) in [7, 11) is 0. The zero-order chi connectivity index (χ0) is 16.8. The summed E-state index contributed by atoms with van der Waals surface area (Å²) in [6.45, 7) is 4.70. The van der Waals surface area contributed by atoms with Crippen molar-refractivity contribution in [2.75, 3.05) is 41.9 Å². The lowest BCUT2D eigenvalue weighted by atomic mass is 10.1. The minimum atomic E-state index is 0.796. The van der Waals surface area contributed by atoms with Crippen LogP contribution in [0.25, 0.3) is 0 Å². The molecule has 24 heavy (non-hydrogen) atoms. The van der Waals surface area contributed by atoms with Crippen LogP contribution in [0.1, 0.15) is 23.5 Å². The van der Waals surface area contributed by atoms with Gasteiger partial charge < -0.3 is 10.2 Å². The van der Waals surface area contributed by atoms with Crippen LogP contribution in [0.2, 0.25) is 0 Å². The van der Waals surface area contributed by atoms with E-state index >= 15 is 0 Å². The van der Waals surface area contributed by atoms with E-state index in [1.165, 1.54) is 11.3 Å². The third-order valence-corrected chi connectivity index (χ3v) is 4.80. The van der Waals surface area contributed by atoms with Crippen molar-refractivity contribution in [1.82, 2.24) is 19.9 Å². The van der Waals surface area contributed by atoms with Crippen LogP contribution in [-0.2, 0) is 12.8 Å². The number of hydrogen-bond donors (Lipinski definition) is 1. The highest BCUT2D eigenvalue weighted by molar-refractivity contribution is 7.98. The number of aromatic nitrogens is 4. The molecule has 2 aromatic rings. The molecule has 0 spiro atoms. The molecule has 128 valence electrons. The molecule has 3 heterocycles. The first-order valence-corrected chi connectivity index (χ1v) is 9.78. The maximum atomic E-state index is 4.68. The Morgan fingerprint density at radius 2 is 1.96 bits per heavy atom. The van der Waals surface area contributed by atoms with E-state index in [9.17, 15) is 0 Å².